The van der Waals surface area contributed by atoms with E-state index in [0.29, 0.717) is 10.9 Å². The number of benzene rings is 1. The Morgan fingerprint density at radius 3 is 2.61 bits per heavy atom. The van der Waals surface area contributed by atoms with Crippen LogP contribution in [-0.4, -0.2) is 69.3 Å². The van der Waals surface area contributed by atoms with Crippen LogP contribution in [0, 0.1) is 6.92 Å². The van der Waals surface area contributed by atoms with Crippen molar-refractivity contribution in [2.45, 2.75) is 32.0 Å². The Morgan fingerprint density at radius 1 is 1.32 bits per heavy atom. The number of amides is 1. The van der Waals surface area contributed by atoms with Crippen molar-refractivity contribution >= 4 is 17.6 Å². The first-order valence-electron chi connectivity index (χ1n) is 9.27. The van der Waals surface area contributed by atoms with Gasteiger partial charge in [0.1, 0.15) is 6.54 Å². The average molecular weight is 399 g/mol. The van der Waals surface area contributed by atoms with Crippen LogP contribution in [0.25, 0.3) is 0 Å². The first-order chi connectivity index (χ1) is 13.2. The second kappa shape index (κ2) is 9.66. The minimum atomic E-state index is -4.41. The summed E-state index contributed by atoms with van der Waals surface area (Å²) in [4.78, 5) is 18.9. The van der Waals surface area contributed by atoms with Crippen LogP contribution < -0.4 is 15.5 Å². The molecule has 0 radical (unpaired) electrons. The smallest absolute Gasteiger partial charge is 0.369 e. The molecule has 1 atom stereocenters. The molecule has 0 aromatic heterocycles. The molecule has 9 heteroatoms. The van der Waals surface area contributed by atoms with Gasteiger partial charge in [-0.2, -0.15) is 13.2 Å². The van der Waals surface area contributed by atoms with Crippen LogP contribution in [0.5, 0.6) is 0 Å². The third-order valence-corrected chi connectivity index (χ3v) is 4.63. The molecule has 0 saturated carbocycles. The molecule has 1 aromatic rings. The lowest BCUT2D eigenvalue weighted by Crippen LogP contribution is -2.52. The van der Waals surface area contributed by atoms with Gasteiger partial charge < -0.3 is 20.4 Å². The van der Waals surface area contributed by atoms with Crippen molar-refractivity contribution in [3.8, 4) is 0 Å². The number of aliphatic imine (C=N–C) groups is 1. The minimum absolute atomic E-state index is 0.129. The molecule has 1 amide bonds. The van der Waals surface area contributed by atoms with Crippen molar-refractivity contribution in [1.82, 2.24) is 15.5 Å². The normalized spacial score (nSPS) is 18.0. The Bertz CT molecular complexity index is 675. The Morgan fingerprint density at radius 2 is 2.00 bits per heavy atom. The highest BCUT2D eigenvalue weighted by atomic mass is 19.4. The first kappa shape index (κ1) is 21.8. The van der Waals surface area contributed by atoms with Gasteiger partial charge in [-0.1, -0.05) is 17.7 Å². The first-order valence-corrected chi connectivity index (χ1v) is 9.27. The van der Waals surface area contributed by atoms with Crippen LogP contribution in [0.2, 0.25) is 0 Å². The fourth-order valence-corrected chi connectivity index (χ4v) is 3.12. The Kier molecular flexibility index (Phi) is 7.53. The van der Waals surface area contributed by atoms with E-state index in [-0.39, 0.29) is 12.6 Å². The predicted octanol–water partition coefficient (Wildman–Crippen LogP) is 2.15. The molecule has 0 bridgehead atoms. The van der Waals surface area contributed by atoms with Gasteiger partial charge >= 0.3 is 6.18 Å². The number of anilines is 1. The maximum atomic E-state index is 12.4. The molecule has 1 unspecified atom stereocenters. The fourth-order valence-electron chi connectivity index (χ4n) is 3.12. The highest BCUT2D eigenvalue weighted by Gasteiger charge is 2.31. The molecular formula is C19H28F3N5O. The zero-order valence-corrected chi connectivity index (χ0v) is 16.5. The van der Waals surface area contributed by atoms with Crippen molar-refractivity contribution in [2.75, 3.05) is 45.2 Å². The van der Waals surface area contributed by atoms with Crippen LogP contribution in [0.15, 0.2) is 29.3 Å². The molecule has 0 aliphatic carbocycles. The lowest BCUT2D eigenvalue weighted by molar-refractivity contribution is -0.157. The van der Waals surface area contributed by atoms with E-state index in [1.54, 1.807) is 7.05 Å². The van der Waals surface area contributed by atoms with Gasteiger partial charge in [-0.15, -0.1) is 0 Å². The van der Waals surface area contributed by atoms with E-state index < -0.39 is 18.6 Å². The molecular weight excluding hydrogens is 371 g/mol. The number of aryl methyl sites for hydroxylation is 1. The van der Waals surface area contributed by atoms with Gasteiger partial charge in [0.25, 0.3) is 0 Å². The number of rotatable bonds is 5. The monoisotopic (exact) mass is 399 g/mol. The zero-order chi connectivity index (χ0) is 20.7. The van der Waals surface area contributed by atoms with E-state index in [2.05, 4.69) is 44.8 Å². The fraction of sp³-hybridized carbons (Fsp3) is 0.579. The molecule has 1 aliphatic heterocycles. The lowest BCUT2D eigenvalue weighted by atomic mass is 10.0. The van der Waals surface area contributed by atoms with E-state index in [4.69, 9.17) is 0 Å². The Balaban J connectivity index is 1.85. The SMILES string of the molecule is CN=C(NCC(=O)N(C)CC(F)(F)F)NC1CCCN(c2ccc(C)cc2)C1. The molecule has 156 valence electrons. The summed E-state index contributed by atoms with van der Waals surface area (Å²) in [6, 6.07) is 8.48. The molecule has 1 fully saturated rings. The van der Waals surface area contributed by atoms with Crippen LogP contribution in [0.4, 0.5) is 18.9 Å². The number of hydrogen-bond donors (Lipinski definition) is 2. The highest BCUT2D eigenvalue weighted by Crippen LogP contribution is 2.20. The number of carbonyl (C=O) groups is 1. The molecule has 28 heavy (non-hydrogen) atoms. The number of piperidine rings is 1. The summed E-state index contributed by atoms with van der Waals surface area (Å²) in [6.07, 6.45) is -2.45. The van der Waals surface area contributed by atoms with Crippen LogP contribution >= 0.6 is 0 Å². The van der Waals surface area contributed by atoms with Crippen LogP contribution in [0.3, 0.4) is 0 Å². The summed E-state index contributed by atoms with van der Waals surface area (Å²) in [5.74, 6) is -0.241. The highest BCUT2D eigenvalue weighted by molar-refractivity contribution is 5.86. The molecule has 0 spiro atoms. The number of guanidine groups is 1. The third-order valence-electron chi connectivity index (χ3n) is 4.63. The molecule has 6 nitrogen and oxygen atoms in total. The summed E-state index contributed by atoms with van der Waals surface area (Å²) in [7, 11) is 2.70. The molecule has 1 saturated heterocycles. The quantitative estimate of drug-likeness (QED) is 0.589. The van der Waals surface area contributed by atoms with Gasteiger partial charge in [0, 0.05) is 38.9 Å². The predicted molar refractivity (Wildman–Crippen MR) is 105 cm³/mol. The summed E-state index contributed by atoms with van der Waals surface area (Å²) < 4.78 is 37.2. The van der Waals surface area contributed by atoms with Crippen molar-refractivity contribution in [2.24, 2.45) is 4.99 Å². The minimum Gasteiger partial charge on any atom is -0.369 e. The molecule has 2 N–H and O–H groups in total. The maximum Gasteiger partial charge on any atom is 0.406 e. The van der Waals surface area contributed by atoms with Crippen molar-refractivity contribution in [3.63, 3.8) is 0 Å². The van der Waals surface area contributed by atoms with Gasteiger partial charge in [0.05, 0.1) is 6.54 Å². The van der Waals surface area contributed by atoms with Gasteiger partial charge in [0.2, 0.25) is 5.91 Å². The maximum absolute atomic E-state index is 12.4. The van der Waals surface area contributed by atoms with E-state index >= 15 is 0 Å². The summed E-state index contributed by atoms with van der Waals surface area (Å²) >= 11 is 0. The second-order valence-corrected chi connectivity index (χ2v) is 7.06. The number of carbonyl (C=O) groups excluding carboxylic acids is 1. The molecule has 1 aromatic carbocycles. The number of hydrogen-bond acceptors (Lipinski definition) is 3. The van der Waals surface area contributed by atoms with Crippen molar-refractivity contribution in [1.29, 1.82) is 0 Å². The Labute approximate surface area is 163 Å². The van der Waals surface area contributed by atoms with Gasteiger partial charge in [-0.05, 0) is 31.9 Å². The van der Waals surface area contributed by atoms with E-state index in [1.807, 2.05) is 6.92 Å². The summed E-state index contributed by atoms with van der Waals surface area (Å²) in [5.41, 5.74) is 2.36. The largest absolute Gasteiger partial charge is 0.406 e. The number of nitrogens with zero attached hydrogens (tertiary/aromatic N) is 3. The van der Waals surface area contributed by atoms with Crippen LogP contribution in [-0.2, 0) is 4.79 Å². The summed E-state index contributed by atoms with van der Waals surface area (Å²) in [5, 5.41) is 6.07. The number of nitrogens with one attached hydrogen (secondary N) is 2. The number of halogens is 3. The Hall–Kier alpha value is -2.45. The zero-order valence-electron chi connectivity index (χ0n) is 16.5. The van der Waals surface area contributed by atoms with E-state index in [0.717, 1.165) is 38.7 Å². The van der Waals surface area contributed by atoms with E-state index in [1.165, 1.54) is 5.56 Å². The molecule has 1 heterocycles. The summed E-state index contributed by atoms with van der Waals surface area (Å²) in [6.45, 7) is 2.28. The number of likely N-dealkylation sites (N-methyl/N-ethyl adjacent to an activating group) is 1. The third kappa shape index (κ3) is 6.94. The topological polar surface area (TPSA) is 60.0 Å². The van der Waals surface area contributed by atoms with Crippen molar-refractivity contribution < 1.29 is 18.0 Å². The lowest BCUT2D eigenvalue weighted by Gasteiger charge is -2.35. The standard InChI is InChI=1S/C19H28F3N5O/c1-14-6-8-16(9-7-14)27-10-4-5-15(12-27)25-18(23-2)24-11-17(28)26(3)13-19(20,21)22/h6-9,15H,4-5,10-13H2,1-3H3,(H2,23,24,25). The second-order valence-electron chi connectivity index (χ2n) is 7.06. The molecule has 2 rings (SSSR count). The van der Waals surface area contributed by atoms with Gasteiger partial charge in [0.15, 0.2) is 5.96 Å². The van der Waals surface area contributed by atoms with E-state index in [9.17, 15) is 18.0 Å². The average Bonchev–Trinajstić information content (AvgIpc) is 2.64. The number of alkyl halides is 3. The van der Waals surface area contributed by atoms with Gasteiger partial charge in [-0.3, -0.25) is 9.79 Å². The molecule has 1 aliphatic rings. The van der Waals surface area contributed by atoms with Gasteiger partial charge in [-0.25, -0.2) is 0 Å². The van der Waals surface area contributed by atoms with Crippen LogP contribution in [0.1, 0.15) is 18.4 Å². The van der Waals surface area contributed by atoms with Crippen molar-refractivity contribution in [3.05, 3.63) is 29.8 Å².